The van der Waals surface area contributed by atoms with Crippen molar-refractivity contribution in [3.05, 3.63) is 53.0 Å². The van der Waals surface area contributed by atoms with Crippen LogP contribution in [0.5, 0.6) is 0 Å². The van der Waals surface area contributed by atoms with Crippen molar-refractivity contribution in [3.8, 4) is 0 Å². The normalized spacial score (nSPS) is 25.0. The zero-order valence-corrected chi connectivity index (χ0v) is 26.0. The molecule has 4 aliphatic rings. The number of benzene rings is 1. The van der Waals surface area contributed by atoms with E-state index in [1.165, 1.54) is 11.1 Å². The van der Waals surface area contributed by atoms with Gasteiger partial charge in [-0.15, -0.1) is 0 Å². The summed E-state index contributed by atoms with van der Waals surface area (Å²) in [6, 6.07) is 10.4. The first kappa shape index (κ1) is 30.5. The maximum Gasteiger partial charge on any atom is 0.272 e. The van der Waals surface area contributed by atoms with Crippen LogP contribution in [0.3, 0.4) is 0 Å². The van der Waals surface area contributed by atoms with Gasteiger partial charge in [0.25, 0.3) is 5.91 Å². The molecule has 0 saturated carbocycles. The second kappa shape index (κ2) is 13.2. The molecule has 1 aromatic carbocycles. The maximum absolute atomic E-state index is 13.9. The summed E-state index contributed by atoms with van der Waals surface area (Å²) in [5, 5.41) is 14.8. The summed E-state index contributed by atoms with van der Waals surface area (Å²) in [7, 11) is 0. The van der Waals surface area contributed by atoms with Crippen molar-refractivity contribution in [1.82, 2.24) is 29.6 Å². The van der Waals surface area contributed by atoms with E-state index in [9.17, 15) is 19.5 Å². The van der Waals surface area contributed by atoms with Crippen molar-refractivity contribution >= 4 is 23.5 Å². The second-order valence-electron chi connectivity index (χ2n) is 12.9. The molecular weight excluding hydrogens is 558 g/mol. The number of fused-ring (bicyclic) bond motifs is 1. The number of nitrogens with zero attached hydrogens (tertiary/aromatic N) is 6. The number of nitrogens with one attached hydrogen (secondary N) is 1. The molecule has 11 heteroatoms. The molecule has 1 aromatic heterocycles. The molecule has 3 atom stereocenters. The van der Waals surface area contributed by atoms with Crippen molar-refractivity contribution in [1.29, 1.82) is 0 Å². The van der Waals surface area contributed by atoms with E-state index in [1.54, 1.807) is 24.8 Å². The molecule has 2 aromatic rings. The number of β-amino-alcohol motifs (C(OH)–C–C–N with tert-alkyl or cyclic N) is 1. The van der Waals surface area contributed by atoms with Crippen LogP contribution in [-0.4, -0.2) is 116 Å². The standard InChI is InChI=1S/C33H45N7O4/c1-22(41)37-15-10-27(11-16-37)34-31-18-28(35-32(36-31)26-8-5-13-38(20-26)23(2)42)33(44)40-17-12-29(30(43)21-40)39-14-9-24-6-3-4-7-25(24)19-39/h3-4,6-7,18,26-27,29-30,43H,5,8-17,19-21H2,1-2H3,(H,34,35,36)/t26?,29-,30-/m1/s1. The summed E-state index contributed by atoms with van der Waals surface area (Å²) < 4.78 is 0. The van der Waals surface area contributed by atoms with Gasteiger partial charge in [0.2, 0.25) is 11.8 Å². The smallest absolute Gasteiger partial charge is 0.272 e. The van der Waals surface area contributed by atoms with E-state index < -0.39 is 6.10 Å². The number of carbonyl (C=O) groups is 3. The van der Waals surface area contributed by atoms with Crippen LogP contribution in [0.2, 0.25) is 0 Å². The molecule has 6 rings (SSSR count). The monoisotopic (exact) mass is 603 g/mol. The number of aliphatic hydroxyl groups is 1. The summed E-state index contributed by atoms with van der Waals surface area (Å²) in [5.41, 5.74) is 3.01. The SMILES string of the molecule is CC(=O)N1CCC(Nc2cc(C(=O)N3CC[C@@H](N4CCc5ccccc5C4)[C@H](O)C3)nc(C3CCCN(C(C)=O)C3)n2)CC1. The predicted octanol–water partition coefficient (Wildman–Crippen LogP) is 2.26. The molecule has 0 aliphatic carbocycles. The number of aliphatic hydroxyl groups excluding tert-OH is 1. The third-order valence-corrected chi connectivity index (χ3v) is 9.95. The van der Waals surface area contributed by atoms with Crippen molar-refractivity contribution < 1.29 is 19.5 Å². The molecule has 44 heavy (non-hydrogen) atoms. The van der Waals surface area contributed by atoms with Gasteiger partial charge in [0, 0.05) is 90.3 Å². The Morgan fingerprint density at radius 1 is 0.841 bits per heavy atom. The lowest BCUT2D eigenvalue weighted by molar-refractivity contribution is -0.130. The van der Waals surface area contributed by atoms with Crippen LogP contribution in [0, 0.1) is 0 Å². The summed E-state index contributed by atoms with van der Waals surface area (Å²) >= 11 is 0. The van der Waals surface area contributed by atoms with E-state index >= 15 is 0 Å². The van der Waals surface area contributed by atoms with Crippen molar-refractivity contribution in [2.45, 2.75) is 83.0 Å². The van der Waals surface area contributed by atoms with Gasteiger partial charge in [-0.25, -0.2) is 9.97 Å². The van der Waals surface area contributed by atoms with Gasteiger partial charge in [0.05, 0.1) is 6.10 Å². The number of hydrogen-bond donors (Lipinski definition) is 2. The van der Waals surface area contributed by atoms with Crippen molar-refractivity contribution in [2.75, 3.05) is 51.1 Å². The fourth-order valence-electron chi connectivity index (χ4n) is 7.35. The lowest BCUT2D eigenvalue weighted by Gasteiger charge is -2.43. The van der Waals surface area contributed by atoms with Gasteiger partial charge in [-0.3, -0.25) is 19.3 Å². The second-order valence-corrected chi connectivity index (χ2v) is 12.9. The zero-order chi connectivity index (χ0) is 30.8. The van der Waals surface area contributed by atoms with E-state index in [1.807, 2.05) is 9.80 Å². The highest BCUT2D eigenvalue weighted by Gasteiger charge is 2.36. The van der Waals surface area contributed by atoms with Crippen LogP contribution in [0.25, 0.3) is 0 Å². The fraction of sp³-hybridized carbons (Fsp3) is 0.606. The predicted molar refractivity (Wildman–Crippen MR) is 166 cm³/mol. The Balaban J connectivity index is 1.17. The van der Waals surface area contributed by atoms with Crippen molar-refractivity contribution in [3.63, 3.8) is 0 Å². The van der Waals surface area contributed by atoms with Crippen LogP contribution in [-0.2, 0) is 22.6 Å². The molecule has 1 unspecified atom stereocenters. The van der Waals surface area contributed by atoms with Gasteiger partial charge >= 0.3 is 0 Å². The number of likely N-dealkylation sites (tertiary alicyclic amines) is 3. The summed E-state index contributed by atoms with van der Waals surface area (Å²) in [6.07, 6.45) is 4.32. The maximum atomic E-state index is 13.9. The van der Waals surface area contributed by atoms with Crippen LogP contribution in [0.15, 0.2) is 30.3 Å². The lowest BCUT2D eigenvalue weighted by Crippen LogP contribution is -2.56. The third kappa shape index (κ3) is 6.73. The highest BCUT2D eigenvalue weighted by atomic mass is 16.3. The average Bonchev–Trinajstić information content (AvgIpc) is 3.04. The molecule has 5 heterocycles. The molecular formula is C33H45N7O4. The molecule has 11 nitrogen and oxygen atoms in total. The highest BCUT2D eigenvalue weighted by molar-refractivity contribution is 5.93. The summed E-state index contributed by atoms with van der Waals surface area (Å²) in [4.78, 5) is 55.3. The van der Waals surface area contributed by atoms with Gasteiger partial charge in [-0.1, -0.05) is 24.3 Å². The number of anilines is 1. The first-order chi connectivity index (χ1) is 21.2. The van der Waals surface area contributed by atoms with Gasteiger partial charge in [0.15, 0.2) is 0 Å². The Morgan fingerprint density at radius 2 is 1.57 bits per heavy atom. The molecule has 3 amide bonds. The quantitative estimate of drug-likeness (QED) is 0.534. The van der Waals surface area contributed by atoms with E-state index in [4.69, 9.17) is 9.97 Å². The topological polar surface area (TPSA) is 122 Å². The van der Waals surface area contributed by atoms with Crippen LogP contribution in [0.4, 0.5) is 5.82 Å². The highest BCUT2D eigenvalue weighted by Crippen LogP contribution is 2.29. The first-order valence-electron chi connectivity index (χ1n) is 16.2. The molecule has 3 saturated heterocycles. The number of rotatable bonds is 5. The molecule has 3 fully saturated rings. The van der Waals surface area contributed by atoms with Crippen LogP contribution in [0.1, 0.15) is 79.3 Å². The van der Waals surface area contributed by atoms with Gasteiger partial charge in [-0.05, 0) is 49.7 Å². The van der Waals surface area contributed by atoms with Gasteiger partial charge in [0.1, 0.15) is 17.3 Å². The minimum Gasteiger partial charge on any atom is -0.390 e. The third-order valence-electron chi connectivity index (χ3n) is 9.95. The Kier molecular flexibility index (Phi) is 9.13. The largest absolute Gasteiger partial charge is 0.390 e. The number of hydrogen-bond acceptors (Lipinski definition) is 8. The number of amides is 3. The fourth-order valence-corrected chi connectivity index (χ4v) is 7.35. The van der Waals surface area contributed by atoms with Gasteiger partial charge in [-0.2, -0.15) is 0 Å². The number of carbonyl (C=O) groups excluding carboxylic acids is 3. The van der Waals surface area contributed by atoms with E-state index in [0.29, 0.717) is 49.9 Å². The number of aromatic nitrogens is 2. The molecule has 4 aliphatic heterocycles. The Bertz CT molecular complexity index is 1380. The minimum atomic E-state index is -0.647. The lowest BCUT2D eigenvalue weighted by atomic mass is 9.94. The Morgan fingerprint density at radius 3 is 2.30 bits per heavy atom. The van der Waals surface area contributed by atoms with Crippen LogP contribution < -0.4 is 5.32 Å². The molecule has 2 N–H and O–H groups in total. The Hall–Kier alpha value is -3.57. The molecule has 0 radical (unpaired) electrons. The summed E-state index contributed by atoms with van der Waals surface area (Å²) in [6.45, 7) is 8.34. The average molecular weight is 604 g/mol. The zero-order valence-electron chi connectivity index (χ0n) is 26.0. The van der Waals surface area contributed by atoms with Crippen LogP contribution >= 0.6 is 0 Å². The summed E-state index contributed by atoms with van der Waals surface area (Å²) in [5.74, 6) is 1.04. The number of piperidine rings is 3. The van der Waals surface area contributed by atoms with E-state index in [-0.39, 0.29) is 42.3 Å². The van der Waals surface area contributed by atoms with Crippen molar-refractivity contribution in [2.24, 2.45) is 0 Å². The van der Waals surface area contributed by atoms with E-state index in [2.05, 4.69) is 34.5 Å². The molecule has 236 valence electrons. The molecule has 0 spiro atoms. The van der Waals surface area contributed by atoms with Gasteiger partial charge < -0.3 is 25.1 Å². The Labute approximate surface area is 259 Å². The first-order valence-corrected chi connectivity index (χ1v) is 16.2. The van der Waals surface area contributed by atoms with E-state index in [0.717, 1.165) is 51.7 Å². The molecule has 0 bridgehead atoms. The minimum absolute atomic E-state index is 0.00580.